The van der Waals surface area contributed by atoms with Crippen LogP contribution in [-0.2, 0) is 6.54 Å². The molecule has 0 radical (unpaired) electrons. The minimum atomic E-state index is -0.275. The summed E-state index contributed by atoms with van der Waals surface area (Å²) in [5.74, 6) is 3.08. The molecule has 1 aromatic rings. The average Bonchev–Trinajstić information content (AvgIpc) is 2.33. The molecule has 1 aliphatic rings. The zero-order valence-electron chi connectivity index (χ0n) is 9.72. The van der Waals surface area contributed by atoms with Crippen LogP contribution in [0.3, 0.4) is 0 Å². The molecule has 1 saturated heterocycles. The maximum absolute atomic E-state index is 12.9. The smallest absolute Gasteiger partial charge is 0.124 e. The second-order valence-corrected chi connectivity index (χ2v) is 6.05. The molecule has 1 aliphatic heterocycles. The van der Waals surface area contributed by atoms with Gasteiger partial charge >= 0.3 is 0 Å². The van der Waals surface area contributed by atoms with E-state index in [1.54, 1.807) is 6.07 Å². The fourth-order valence-corrected chi connectivity index (χ4v) is 3.46. The third-order valence-corrected chi connectivity index (χ3v) is 4.51. The van der Waals surface area contributed by atoms with Gasteiger partial charge in [-0.05, 0) is 54.5 Å². The summed E-state index contributed by atoms with van der Waals surface area (Å²) in [6.45, 7) is 1.76. The van der Waals surface area contributed by atoms with Crippen LogP contribution in [0.1, 0.15) is 18.4 Å². The fraction of sp³-hybridized carbons (Fsp3) is 0.538. The molecule has 1 aromatic carbocycles. The fourth-order valence-electron chi connectivity index (χ4n) is 2.03. The van der Waals surface area contributed by atoms with Crippen LogP contribution in [0.4, 0.5) is 4.39 Å². The van der Waals surface area contributed by atoms with Crippen LogP contribution in [0, 0.1) is 11.7 Å². The van der Waals surface area contributed by atoms with Gasteiger partial charge in [-0.3, -0.25) is 0 Å². The van der Waals surface area contributed by atoms with E-state index in [0.717, 1.165) is 24.6 Å². The largest absolute Gasteiger partial charge is 0.312 e. The van der Waals surface area contributed by atoms with E-state index >= 15 is 0 Å². The number of hydrogen-bond acceptors (Lipinski definition) is 2. The highest BCUT2D eigenvalue weighted by molar-refractivity contribution is 7.99. The number of nitrogens with one attached hydrogen (secondary N) is 1. The van der Waals surface area contributed by atoms with Crippen molar-refractivity contribution in [3.05, 3.63) is 34.6 Å². The summed E-state index contributed by atoms with van der Waals surface area (Å²) in [7, 11) is 0. The molecule has 94 valence electrons. The average molecular weight is 274 g/mol. The summed E-state index contributed by atoms with van der Waals surface area (Å²) in [4.78, 5) is 0. The summed E-state index contributed by atoms with van der Waals surface area (Å²) in [5.41, 5.74) is 0.971. The summed E-state index contributed by atoms with van der Waals surface area (Å²) in [6, 6.07) is 4.58. The molecule has 4 heteroatoms. The lowest BCUT2D eigenvalue weighted by Gasteiger charge is -2.21. The molecule has 1 nitrogen and oxygen atoms in total. The zero-order valence-corrected chi connectivity index (χ0v) is 11.3. The number of benzene rings is 1. The Labute approximate surface area is 111 Å². The van der Waals surface area contributed by atoms with Crippen LogP contribution in [0.5, 0.6) is 0 Å². The van der Waals surface area contributed by atoms with Crippen molar-refractivity contribution in [1.82, 2.24) is 5.32 Å². The van der Waals surface area contributed by atoms with Gasteiger partial charge in [-0.15, -0.1) is 0 Å². The Morgan fingerprint density at radius 2 is 2.12 bits per heavy atom. The Bertz CT molecular complexity index is 366. The Hall–Kier alpha value is -0.250. The van der Waals surface area contributed by atoms with Gasteiger partial charge in [0.05, 0.1) is 0 Å². The van der Waals surface area contributed by atoms with Crippen molar-refractivity contribution in [2.45, 2.75) is 19.4 Å². The van der Waals surface area contributed by atoms with Gasteiger partial charge in [0, 0.05) is 11.6 Å². The topological polar surface area (TPSA) is 12.0 Å². The van der Waals surface area contributed by atoms with Gasteiger partial charge in [0.25, 0.3) is 0 Å². The molecular formula is C13H17ClFNS. The molecule has 1 heterocycles. The molecule has 0 atom stereocenters. The second-order valence-electron chi connectivity index (χ2n) is 4.42. The Balaban J connectivity index is 1.77. The third kappa shape index (κ3) is 4.16. The molecule has 1 N–H and O–H groups in total. The highest BCUT2D eigenvalue weighted by Gasteiger charge is 2.13. The predicted molar refractivity (Wildman–Crippen MR) is 73.2 cm³/mol. The van der Waals surface area contributed by atoms with E-state index in [1.165, 1.54) is 36.5 Å². The van der Waals surface area contributed by atoms with Crippen molar-refractivity contribution in [2.75, 3.05) is 18.1 Å². The first kappa shape index (κ1) is 13.2. The molecule has 2 rings (SSSR count). The molecule has 0 bridgehead atoms. The Morgan fingerprint density at radius 1 is 1.35 bits per heavy atom. The minimum absolute atomic E-state index is 0.275. The minimum Gasteiger partial charge on any atom is -0.312 e. The summed E-state index contributed by atoms with van der Waals surface area (Å²) in [5, 5.41) is 3.93. The second kappa shape index (κ2) is 6.62. The lowest BCUT2D eigenvalue weighted by molar-refractivity contribution is 0.447. The normalized spacial score (nSPS) is 17.3. The van der Waals surface area contributed by atoms with Crippen LogP contribution in [0.15, 0.2) is 18.2 Å². The highest BCUT2D eigenvalue weighted by Crippen LogP contribution is 2.22. The lowest BCUT2D eigenvalue weighted by atomic mass is 10.0. The van der Waals surface area contributed by atoms with E-state index in [9.17, 15) is 4.39 Å². The van der Waals surface area contributed by atoms with Gasteiger partial charge in [-0.1, -0.05) is 17.7 Å². The molecule has 17 heavy (non-hydrogen) atoms. The number of halogens is 2. The monoisotopic (exact) mass is 273 g/mol. The van der Waals surface area contributed by atoms with Gasteiger partial charge < -0.3 is 5.32 Å². The van der Waals surface area contributed by atoms with E-state index in [2.05, 4.69) is 5.32 Å². The highest BCUT2D eigenvalue weighted by atomic mass is 35.5. The van der Waals surface area contributed by atoms with E-state index < -0.39 is 0 Å². The number of hydrogen-bond donors (Lipinski definition) is 1. The van der Waals surface area contributed by atoms with E-state index in [0.29, 0.717) is 5.02 Å². The Morgan fingerprint density at radius 3 is 2.82 bits per heavy atom. The third-order valence-electron chi connectivity index (χ3n) is 3.10. The molecule has 0 spiro atoms. The first-order valence-corrected chi connectivity index (χ1v) is 7.51. The predicted octanol–water partition coefficient (Wildman–Crippen LogP) is 3.71. The van der Waals surface area contributed by atoms with Crippen molar-refractivity contribution >= 4 is 23.4 Å². The summed E-state index contributed by atoms with van der Waals surface area (Å²) >= 11 is 8.01. The van der Waals surface area contributed by atoms with E-state index in [4.69, 9.17) is 11.6 Å². The van der Waals surface area contributed by atoms with E-state index in [-0.39, 0.29) is 5.82 Å². The van der Waals surface area contributed by atoms with Crippen molar-refractivity contribution in [3.8, 4) is 0 Å². The maximum Gasteiger partial charge on any atom is 0.124 e. The standard InChI is InChI=1S/C13H17ClFNS/c14-13-7-12(15)2-1-11(13)9-16-8-10-3-5-17-6-4-10/h1-2,7,10,16H,3-6,8-9H2. The van der Waals surface area contributed by atoms with Crippen molar-refractivity contribution in [2.24, 2.45) is 5.92 Å². The summed E-state index contributed by atoms with van der Waals surface area (Å²) in [6.07, 6.45) is 2.60. The van der Waals surface area contributed by atoms with Crippen LogP contribution < -0.4 is 5.32 Å². The van der Waals surface area contributed by atoms with E-state index in [1.807, 2.05) is 11.8 Å². The van der Waals surface area contributed by atoms with Crippen molar-refractivity contribution in [1.29, 1.82) is 0 Å². The molecule has 0 amide bonds. The molecule has 0 aliphatic carbocycles. The van der Waals surface area contributed by atoms with Crippen LogP contribution in [0.2, 0.25) is 5.02 Å². The molecular weight excluding hydrogens is 257 g/mol. The Kier molecular flexibility index (Phi) is 5.14. The number of rotatable bonds is 4. The van der Waals surface area contributed by atoms with Crippen LogP contribution >= 0.6 is 23.4 Å². The molecule has 1 fully saturated rings. The van der Waals surface area contributed by atoms with Crippen molar-refractivity contribution in [3.63, 3.8) is 0 Å². The van der Waals surface area contributed by atoms with Gasteiger partial charge in [0.2, 0.25) is 0 Å². The first-order valence-electron chi connectivity index (χ1n) is 5.98. The first-order chi connectivity index (χ1) is 8.25. The summed E-state index contributed by atoms with van der Waals surface area (Å²) < 4.78 is 12.9. The van der Waals surface area contributed by atoms with Gasteiger partial charge in [0.15, 0.2) is 0 Å². The SMILES string of the molecule is Fc1ccc(CNCC2CCSCC2)c(Cl)c1. The lowest BCUT2D eigenvalue weighted by Crippen LogP contribution is -2.25. The molecule has 0 unspecified atom stereocenters. The molecule has 0 aromatic heterocycles. The van der Waals surface area contributed by atoms with Crippen LogP contribution in [-0.4, -0.2) is 18.1 Å². The van der Waals surface area contributed by atoms with Crippen LogP contribution in [0.25, 0.3) is 0 Å². The number of thioether (sulfide) groups is 1. The van der Waals surface area contributed by atoms with Crippen molar-refractivity contribution < 1.29 is 4.39 Å². The quantitative estimate of drug-likeness (QED) is 0.898. The van der Waals surface area contributed by atoms with Gasteiger partial charge in [0.1, 0.15) is 5.82 Å². The van der Waals surface area contributed by atoms with Gasteiger partial charge in [-0.25, -0.2) is 4.39 Å². The zero-order chi connectivity index (χ0) is 12.1. The maximum atomic E-state index is 12.9. The van der Waals surface area contributed by atoms with Gasteiger partial charge in [-0.2, -0.15) is 11.8 Å². The molecule has 0 saturated carbocycles.